The predicted octanol–water partition coefficient (Wildman–Crippen LogP) is 0.0908. The summed E-state index contributed by atoms with van der Waals surface area (Å²) >= 11 is 0. The maximum absolute atomic E-state index is 11.5. The van der Waals surface area contributed by atoms with Gasteiger partial charge < -0.3 is 15.6 Å². The molecule has 0 saturated carbocycles. The van der Waals surface area contributed by atoms with Gasteiger partial charge in [0.2, 0.25) is 0 Å². The van der Waals surface area contributed by atoms with Crippen LogP contribution in [0.15, 0.2) is 23.1 Å². The lowest BCUT2D eigenvalue weighted by atomic mass is 10.1. The summed E-state index contributed by atoms with van der Waals surface area (Å²) in [6.45, 7) is -0.274. The normalized spacial score (nSPS) is 13.5. The van der Waals surface area contributed by atoms with Gasteiger partial charge in [0.05, 0.1) is 19.8 Å². The van der Waals surface area contributed by atoms with E-state index in [-0.39, 0.29) is 17.3 Å². The minimum absolute atomic E-state index is 0.0800. The van der Waals surface area contributed by atoms with E-state index in [1.807, 2.05) is 0 Å². The molecule has 0 aliphatic rings. The second-order valence-corrected chi connectivity index (χ2v) is 5.42. The van der Waals surface area contributed by atoms with E-state index in [0.29, 0.717) is 5.56 Å². The number of hydrogen-bond acceptors (Lipinski definition) is 5. The molecule has 0 saturated heterocycles. The molecule has 90 valence electrons. The van der Waals surface area contributed by atoms with Crippen LogP contribution in [-0.2, 0) is 9.84 Å². The molecule has 16 heavy (non-hydrogen) atoms. The highest BCUT2D eigenvalue weighted by atomic mass is 32.2. The number of aliphatic hydroxyl groups excluding tert-OH is 1. The zero-order chi connectivity index (χ0) is 12.3. The van der Waals surface area contributed by atoms with E-state index >= 15 is 0 Å². The summed E-state index contributed by atoms with van der Waals surface area (Å²) < 4.78 is 28.0. The Hall–Kier alpha value is -1.11. The van der Waals surface area contributed by atoms with Crippen LogP contribution in [0.25, 0.3) is 0 Å². The number of hydrogen-bond donors (Lipinski definition) is 2. The van der Waals surface area contributed by atoms with E-state index in [1.165, 1.54) is 13.2 Å². The van der Waals surface area contributed by atoms with Crippen molar-refractivity contribution in [3.05, 3.63) is 23.8 Å². The Kier molecular flexibility index (Phi) is 3.90. The zero-order valence-electron chi connectivity index (χ0n) is 9.17. The van der Waals surface area contributed by atoms with Crippen molar-refractivity contribution in [3.63, 3.8) is 0 Å². The highest BCUT2D eigenvalue weighted by Crippen LogP contribution is 2.30. The van der Waals surface area contributed by atoms with Gasteiger partial charge in [-0.2, -0.15) is 0 Å². The molecule has 1 aromatic carbocycles. The summed E-state index contributed by atoms with van der Waals surface area (Å²) in [6.07, 6.45) is 1.10. The van der Waals surface area contributed by atoms with Gasteiger partial charge in [-0.05, 0) is 6.07 Å². The predicted molar refractivity (Wildman–Crippen MR) is 60.1 cm³/mol. The van der Waals surface area contributed by atoms with Crippen LogP contribution in [-0.4, -0.2) is 33.5 Å². The molecule has 1 atom stereocenters. The lowest BCUT2D eigenvalue weighted by Gasteiger charge is -2.15. The van der Waals surface area contributed by atoms with E-state index in [4.69, 9.17) is 15.6 Å². The van der Waals surface area contributed by atoms with Gasteiger partial charge >= 0.3 is 0 Å². The number of para-hydroxylation sites is 1. The first-order valence-electron chi connectivity index (χ1n) is 4.65. The molecule has 0 aromatic heterocycles. The SMILES string of the molecule is COc1c(C(N)CO)cccc1S(C)(=O)=O. The minimum atomic E-state index is -3.37. The Morgan fingerprint density at radius 1 is 1.50 bits per heavy atom. The van der Waals surface area contributed by atoms with Crippen molar-refractivity contribution < 1.29 is 18.3 Å². The van der Waals surface area contributed by atoms with Crippen LogP contribution in [0.2, 0.25) is 0 Å². The lowest BCUT2D eigenvalue weighted by molar-refractivity contribution is 0.264. The molecule has 1 rings (SSSR count). The maximum atomic E-state index is 11.5. The van der Waals surface area contributed by atoms with Gasteiger partial charge in [-0.15, -0.1) is 0 Å². The first kappa shape index (κ1) is 13.0. The number of methoxy groups -OCH3 is 1. The average Bonchev–Trinajstić information content (AvgIpc) is 2.25. The van der Waals surface area contributed by atoms with E-state index in [9.17, 15) is 8.42 Å². The fraction of sp³-hybridized carbons (Fsp3) is 0.400. The van der Waals surface area contributed by atoms with Crippen LogP contribution >= 0.6 is 0 Å². The first-order chi connectivity index (χ1) is 7.41. The van der Waals surface area contributed by atoms with Crippen LogP contribution < -0.4 is 10.5 Å². The number of rotatable bonds is 4. The van der Waals surface area contributed by atoms with Crippen LogP contribution in [0.1, 0.15) is 11.6 Å². The van der Waals surface area contributed by atoms with Gasteiger partial charge in [0.25, 0.3) is 0 Å². The molecule has 3 N–H and O–H groups in total. The molecule has 0 amide bonds. The third kappa shape index (κ3) is 2.52. The van der Waals surface area contributed by atoms with Gasteiger partial charge in [-0.25, -0.2) is 8.42 Å². The maximum Gasteiger partial charge on any atom is 0.179 e. The largest absolute Gasteiger partial charge is 0.495 e. The number of benzene rings is 1. The van der Waals surface area contributed by atoms with E-state index in [0.717, 1.165) is 6.26 Å². The van der Waals surface area contributed by atoms with Crippen molar-refractivity contribution in [1.82, 2.24) is 0 Å². The molecule has 0 bridgehead atoms. The third-order valence-corrected chi connectivity index (χ3v) is 3.33. The highest BCUT2D eigenvalue weighted by molar-refractivity contribution is 7.90. The topological polar surface area (TPSA) is 89.6 Å². The van der Waals surface area contributed by atoms with Crippen LogP contribution in [0.4, 0.5) is 0 Å². The molecule has 0 aliphatic carbocycles. The fourth-order valence-electron chi connectivity index (χ4n) is 1.43. The molecule has 0 radical (unpaired) electrons. The fourth-order valence-corrected chi connectivity index (χ4v) is 2.30. The standard InChI is InChI=1S/C10H15NO4S/c1-15-10-7(8(11)6-12)4-3-5-9(10)16(2,13)14/h3-5,8,12H,6,11H2,1-2H3. The Labute approximate surface area is 94.8 Å². The lowest BCUT2D eigenvalue weighted by Crippen LogP contribution is -2.16. The monoisotopic (exact) mass is 245 g/mol. The van der Waals surface area contributed by atoms with E-state index in [2.05, 4.69) is 0 Å². The van der Waals surface area contributed by atoms with Crippen molar-refractivity contribution in [2.45, 2.75) is 10.9 Å². The first-order valence-corrected chi connectivity index (χ1v) is 6.54. The molecule has 0 heterocycles. The van der Waals surface area contributed by atoms with Gasteiger partial charge in [0.1, 0.15) is 10.6 Å². The summed E-state index contributed by atoms with van der Waals surface area (Å²) in [7, 11) is -2.00. The molecule has 6 heteroatoms. The molecule has 0 fully saturated rings. The van der Waals surface area contributed by atoms with Crippen LogP contribution in [0.5, 0.6) is 5.75 Å². The Morgan fingerprint density at radius 2 is 2.12 bits per heavy atom. The second kappa shape index (κ2) is 4.82. The third-order valence-electron chi connectivity index (χ3n) is 2.21. The summed E-state index contributed by atoms with van der Waals surface area (Å²) in [5.41, 5.74) is 6.14. The Morgan fingerprint density at radius 3 is 2.56 bits per heavy atom. The number of sulfone groups is 1. The van der Waals surface area contributed by atoms with Crippen molar-refractivity contribution >= 4 is 9.84 Å². The van der Waals surface area contributed by atoms with Gasteiger partial charge in [0.15, 0.2) is 9.84 Å². The van der Waals surface area contributed by atoms with Crippen molar-refractivity contribution in [3.8, 4) is 5.75 Å². The molecular formula is C10H15NO4S. The Balaban J connectivity index is 3.44. The van der Waals surface area contributed by atoms with Crippen molar-refractivity contribution in [2.24, 2.45) is 5.73 Å². The highest BCUT2D eigenvalue weighted by Gasteiger charge is 2.20. The molecule has 0 aliphatic heterocycles. The molecule has 1 aromatic rings. The summed E-state index contributed by atoms with van der Waals surface area (Å²) in [5, 5.41) is 8.97. The van der Waals surface area contributed by atoms with Crippen LogP contribution in [0.3, 0.4) is 0 Å². The summed E-state index contributed by atoms with van der Waals surface area (Å²) in [5.74, 6) is 0.201. The van der Waals surface area contributed by atoms with E-state index in [1.54, 1.807) is 12.1 Å². The minimum Gasteiger partial charge on any atom is -0.495 e. The van der Waals surface area contributed by atoms with Gasteiger partial charge in [-0.1, -0.05) is 12.1 Å². The number of ether oxygens (including phenoxy) is 1. The second-order valence-electron chi connectivity index (χ2n) is 3.44. The van der Waals surface area contributed by atoms with Crippen molar-refractivity contribution in [1.29, 1.82) is 0 Å². The van der Waals surface area contributed by atoms with Gasteiger partial charge in [0, 0.05) is 11.8 Å². The van der Waals surface area contributed by atoms with E-state index < -0.39 is 15.9 Å². The average molecular weight is 245 g/mol. The number of nitrogens with two attached hydrogens (primary N) is 1. The summed E-state index contributed by atoms with van der Waals surface area (Å²) in [6, 6.07) is 4.00. The van der Waals surface area contributed by atoms with Crippen molar-refractivity contribution in [2.75, 3.05) is 20.0 Å². The smallest absolute Gasteiger partial charge is 0.179 e. The quantitative estimate of drug-likeness (QED) is 0.784. The van der Waals surface area contributed by atoms with Crippen LogP contribution in [0, 0.1) is 0 Å². The molecule has 5 nitrogen and oxygen atoms in total. The van der Waals surface area contributed by atoms with Gasteiger partial charge in [-0.3, -0.25) is 0 Å². The summed E-state index contributed by atoms with van der Waals surface area (Å²) in [4.78, 5) is 0.0800. The molecule has 1 unspecified atom stereocenters. The zero-order valence-corrected chi connectivity index (χ0v) is 9.99. The Bertz CT molecular complexity index is 470. The molecular weight excluding hydrogens is 230 g/mol. The molecule has 0 spiro atoms. The number of aliphatic hydroxyl groups is 1.